The van der Waals surface area contributed by atoms with Crippen molar-refractivity contribution < 1.29 is 4.21 Å². The van der Waals surface area contributed by atoms with Crippen molar-refractivity contribution in [3.05, 3.63) is 70.7 Å². The van der Waals surface area contributed by atoms with E-state index in [0.717, 1.165) is 35.9 Å². The Hall–Kier alpha value is -1.12. The molecule has 4 nitrogen and oxygen atoms in total. The van der Waals surface area contributed by atoms with Crippen LogP contribution in [0, 0.1) is 0 Å². The van der Waals surface area contributed by atoms with Gasteiger partial charge in [-0.25, -0.2) is 0 Å². The zero-order valence-corrected chi connectivity index (χ0v) is 19.9. The summed E-state index contributed by atoms with van der Waals surface area (Å²) in [4.78, 5) is 4.28. The molecule has 0 bridgehead atoms. The molecule has 0 heterocycles. The predicted octanol–water partition coefficient (Wildman–Crippen LogP) is 4.10. The van der Waals surface area contributed by atoms with E-state index >= 15 is 0 Å². The molecule has 0 saturated heterocycles. The van der Waals surface area contributed by atoms with Crippen molar-refractivity contribution in [3.63, 3.8) is 0 Å². The van der Waals surface area contributed by atoms with Gasteiger partial charge >= 0.3 is 0 Å². The number of benzene rings is 2. The summed E-state index contributed by atoms with van der Waals surface area (Å²) in [7, 11) is 0.869. The highest BCUT2D eigenvalue weighted by Crippen LogP contribution is 2.48. The minimum atomic E-state index is -0.890. The van der Waals surface area contributed by atoms with Crippen molar-refractivity contribution in [2.75, 3.05) is 25.9 Å². The highest BCUT2D eigenvalue weighted by atomic mass is 127. The Labute approximate surface area is 192 Å². The molecule has 0 aromatic heterocycles. The molecule has 152 valence electrons. The Morgan fingerprint density at radius 3 is 2.54 bits per heavy atom. The lowest BCUT2D eigenvalue weighted by Gasteiger charge is -2.19. The van der Waals surface area contributed by atoms with E-state index in [-0.39, 0.29) is 29.4 Å². The molecule has 2 N–H and O–H groups in total. The lowest BCUT2D eigenvalue weighted by Crippen LogP contribution is -2.42. The molecule has 0 amide bonds. The van der Waals surface area contributed by atoms with Crippen LogP contribution in [0.4, 0.5) is 0 Å². The first-order valence-corrected chi connectivity index (χ1v) is 11.1. The predicted molar refractivity (Wildman–Crippen MR) is 130 cm³/mol. The molecular weight excluding hydrogens is 505 g/mol. The largest absolute Gasteiger partial charge is 0.356 e. The molecule has 1 saturated carbocycles. The molecule has 0 spiro atoms. The number of nitrogens with one attached hydrogen (secondary N) is 2. The lowest BCUT2D eigenvalue weighted by molar-refractivity contribution is 0.647. The fourth-order valence-electron chi connectivity index (χ4n) is 3.13. The summed E-state index contributed by atoms with van der Waals surface area (Å²) in [6, 6.07) is 18.1. The maximum Gasteiger partial charge on any atom is 0.191 e. The van der Waals surface area contributed by atoms with Crippen molar-refractivity contribution in [3.8, 4) is 0 Å². The molecule has 1 aliphatic carbocycles. The number of halogens is 2. The second-order valence-corrected chi connectivity index (χ2v) is 8.93. The van der Waals surface area contributed by atoms with Gasteiger partial charge in [0, 0.05) is 52.9 Å². The van der Waals surface area contributed by atoms with E-state index in [4.69, 9.17) is 11.6 Å². The quantitative estimate of drug-likeness (QED) is 0.306. The molecule has 0 radical (unpaired) electrons. The smallest absolute Gasteiger partial charge is 0.191 e. The first-order chi connectivity index (χ1) is 13.1. The van der Waals surface area contributed by atoms with E-state index in [9.17, 15) is 4.21 Å². The van der Waals surface area contributed by atoms with Crippen molar-refractivity contribution in [1.82, 2.24) is 10.6 Å². The van der Waals surface area contributed by atoms with Crippen LogP contribution in [-0.2, 0) is 22.0 Å². The average molecular weight is 532 g/mol. The van der Waals surface area contributed by atoms with Crippen LogP contribution in [0.25, 0.3) is 0 Å². The van der Waals surface area contributed by atoms with Crippen LogP contribution in [0.3, 0.4) is 0 Å². The van der Waals surface area contributed by atoms with Crippen molar-refractivity contribution in [2.24, 2.45) is 4.99 Å². The monoisotopic (exact) mass is 531 g/mol. The van der Waals surface area contributed by atoms with Crippen LogP contribution in [0.15, 0.2) is 59.6 Å². The second kappa shape index (κ2) is 11.2. The van der Waals surface area contributed by atoms with Crippen LogP contribution >= 0.6 is 35.6 Å². The van der Waals surface area contributed by atoms with Crippen LogP contribution in [0.5, 0.6) is 0 Å². The maximum absolute atomic E-state index is 12.2. The van der Waals surface area contributed by atoms with Gasteiger partial charge in [0.05, 0.1) is 0 Å². The molecule has 1 atom stereocenters. The van der Waals surface area contributed by atoms with Gasteiger partial charge in [-0.2, -0.15) is 0 Å². The zero-order chi connectivity index (χ0) is 19.1. The molecule has 1 unspecified atom stereocenters. The zero-order valence-electron chi connectivity index (χ0n) is 16.0. The van der Waals surface area contributed by atoms with Gasteiger partial charge in [0.1, 0.15) is 0 Å². The summed E-state index contributed by atoms with van der Waals surface area (Å²) in [6.45, 7) is 1.45. The van der Waals surface area contributed by atoms with Gasteiger partial charge in [-0.1, -0.05) is 54.1 Å². The van der Waals surface area contributed by atoms with Crippen LogP contribution in [-0.4, -0.2) is 36.1 Å². The minimum absolute atomic E-state index is 0. The number of hydrogen-bond acceptors (Lipinski definition) is 2. The molecule has 7 heteroatoms. The Morgan fingerprint density at radius 2 is 1.89 bits per heavy atom. The minimum Gasteiger partial charge on any atom is -0.356 e. The molecule has 1 fully saturated rings. The van der Waals surface area contributed by atoms with Crippen LogP contribution < -0.4 is 10.6 Å². The summed E-state index contributed by atoms with van der Waals surface area (Å²) < 4.78 is 12.2. The standard InChI is InChI=1S/C21H26ClN3OS.HI/c1-23-20(24-12-13-27(26)15-17-6-3-2-4-7-17)25-16-21(10-11-21)18-8-5-9-19(22)14-18;/h2-9,14H,10-13,15-16H2,1H3,(H2,23,24,25);1H. The first-order valence-electron chi connectivity index (χ1n) is 9.21. The fourth-order valence-corrected chi connectivity index (χ4v) is 4.35. The van der Waals surface area contributed by atoms with Gasteiger partial charge in [0.2, 0.25) is 0 Å². The molecule has 2 aromatic rings. The van der Waals surface area contributed by atoms with Gasteiger partial charge < -0.3 is 10.6 Å². The topological polar surface area (TPSA) is 53.5 Å². The van der Waals surface area contributed by atoms with Crippen molar-refractivity contribution in [1.29, 1.82) is 0 Å². The maximum atomic E-state index is 12.2. The van der Waals surface area contributed by atoms with E-state index in [1.807, 2.05) is 42.5 Å². The number of nitrogens with zero attached hydrogens (tertiary/aromatic N) is 1. The van der Waals surface area contributed by atoms with Crippen LogP contribution in [0.2, 0.25) is 5.02 Å². The van der Waals surface area contributed by atoms with Crippen molar-refractivity contribution >= 4 is 52.3 Å². The summed E-state index contributed by atoms with van der Waals surface area (Å²) >= 11 is 6.14. The summed E-state index contributed by atoms with van der Waals surface area (Å²) in [5.41, 5.74) is 2.54. The second-order valence-electron chi connectivity index (χ2n) is 6.92. The third-order valence-corrected chi connectivity index (χ3v) is 6.45. The third kappa shape index (κ3) is 6.74. The van der Waals surface area contributed by atoms with E-state index in [0.29, 0.717) is 18.1 Å². The Morgan fingerprint density at radius 1 is 1.14 bits per heavy atom. The number of rotatable bonds is 8. The summed E-state index contributed by atoms with van der Waals surface area (Å²) in [6.07, 6.45) is 2.30. The number of guanidine groups is 1. The highest BCUT2D eigenvalue weighted by Gasteiger charge is 2.44. The molecule has 1 aliphatic rings. The van der Waals surface area contributed by atoms with E-state index < -0.39 is 10.8 Å². The summed E-state index contributed by atoms with van der Waals surface area (Å²) in [5.74, 6) is 1.93. The molecule has 0 aliphatic heterocycles. The Balaban J connectivity index is 0.00000280. The molecule has 3 rings (SSSR count). The fraction of sp³-hybridized carbons (Fsp3) is 0.381. The Bertz CT molecular complexity index is 812. The molecular formula is C21H27ClIN3OS. The SMILES string of the molecule is CN=C(NCCS(=O)Cc1ccccc1)NCC1(c2cccc(Cl)c2)CC1.I. The van der Waals surface area contributed by atoms with Gasteiger partial charge in [-0.3, -0.25) is 9.20 Å². The van der Waals surface area contributed by atoms with Gasteiger partial charge in [-0.15, -0.1) is 24.0 Å². The molecule has 2 aromatic carbocycles. The number of aliphatic imine (C=N–C) groups is 1. The highest BCUT2D eigenvalue weighted by molar-refractivity contribution is 14.0. The average Bonchev–Trinajstić information content (AvgIpc) is 3.46. The summed E-state index contributed by atoms with van der Waals surface area (Å²) in [5, 5.41) is 7.46. The lowest BCUT2D eigenvalue weighted by atomic mass is 9.96. The normalized spacial score (nSPS) is 16.0. The number of hydrogen-bond donors (Lipinski definition) is 2. The first kappa shape index (κ1) is 23.2. The van der Waals surface area contributed by atoms with Gasteiger partial charge in [0.15, 0.2) is 5.96 Å². The van der Waals surface area contributed by atoms with Gasteiger partial charge in [-0.05, 0) is 36.1 Å². The van der Waals surface area contributed by atoms with E-state index in [1.165, 1.54) is 5.56 Å². The van der Waals surface area contributed by atoms with E-state index in [2.05, 4.69) is 27.8 Å². The molecule has 28 heavy (non-hydrogen) atoms. The van der Waals surface area contributed by atoms with Crippen molar-refractivity contribution in [2.45, 2.75) is 24.0 Å². The van der Waals surface area contributed by atoms with Gasteiger partial charge in [0.25, 0.3) is 0 Å². The Kier molecular flexibility index (Phi) is 9.24. The third-order valence-electron chi connectivity index (χ3n) is 4.90. The van der Waals surface area contributed by atoms with Crippen LogP contribution in [0.1, 0.15) is 24.0 Å². The van der Waals surface area contributed by atoms with E-state index in [1.54, 1.807) is 7.05 Å².